The van der Waals surface area contributed by atoms with Crippen molar-refractivity contribution >= 4 is 28.2 Å². The maximum Gasteiger partial charge on any atom is 0.0831 e. The molecular formula is C42H34NO. The lowest BCUT2D eigenvalue weighted by Gasteiger charge is -2.40. The molecule has 0 aliphatic heterocycles. The lowest BCUT2D eigenvalue weighted by atomic mass is 9.64. The number of fused-ring (bicyclic) bond motifs is 7. The van der Waals surface area contributed by atoms with Gasteiger partial charge < -0.3 is 10.4 Å². The zero-order valence-electron chi connectivity index (χ0n) is 24.6. The highest BCUT2D eigenvalue weighted by atomic mass is 16.3. The van der Waals surface area contributed by atoms with Crippen LogP contribution in [-0.2, 0) is 0 Å². The number of allylic oxidation sites excluding steroid dienone is 10. The molecule has 0 amide bonds. The van der Waals surface area contributed by atoms with Crippen LogP contribution in [-0.4, -0.2) is 11.2 Å². The molecule has 44 heavy (non-hydrogen) atoms. The van der Waals surface area contributed by atoms with E-state index in [1.165, 1.54) is 66.5 Å². The Morgan fingerprint density at radius 3 is 2.43 bits per heavy atom. The van der Waals surface area contributed by atoms with Crippen molar-refractivity contribution in [1.29, 1.82) is 0 Å². The molecular weight excluding hydrogens is 534 g/mol. The smallest absolute Gasteiger partial charge is 0.0831 e. The van der Waals surface area contributed by atoms with Crippen molar-refractivity contribution in [2.75, 3.05) is 5.32 Å². The van der Waals surface area contributed by atoms with Gasteiger partial charge >= 0.3 is 0 Å². The zero-order valence-corrected chi connectivity index (χ0v) is 24.6. The zero-order chi connectivity index (χ0) is 29.4. The number of para-hydroxylation sites is 2. The summed E-state index contributed by atoms with van der Waals surface area (Å²) < 4.78 is 0. The Labute approximate surface area is 259 Å². The van der Waals surface area contributed by atoms with Crippen molar-refractivity contribution < 1.29 is 6.53 Å². The fraction of sp³-hybridized carbons (Fsp3) is 0.119. The predicted octanol–water partition coefficient (Wildman–Crippen LogP) is 10.1. The molecule has 213 valence electrons. The minimum absolute atomic E-state index is 0. The highest BCUT2D eigenvalue weighted by Crippen LogP contribution is 2.79. The number of rotatable bonds is 4. The Kier molecular flexibility index (Phi) is 5.54. The largest absolute Gasteiger partial charge is 0.388 e. The van der Waals surface area contributed by atoms with Crippen molar-refractivity contribution in [2.45, 2.75) is 25.9 Å². The maximum absolute atomic E-state index is 11.5. The van der Waals surface area contributed by atoms with Crippen molar-refractivity contribution in [1.82, 2.24) is 0 Å². The van der Waals surface area contributed by atoms with Gasteiger partial charge in [0.2, 0.25) is 0 Å². The Balaban J connectivity index is 0.00000300. The van der Waals surface area contributed by atoms with E-state index in [2.05, 4.69) is 140 Å². The summed E-state index contributed by atoms with van der Waals surface area (Å²) in [6, 6.07) is 30.3. The highest BCUT2D eigenvalue weighted by Gasteiger charge is 2.69. The van der Waals surface area contributed by atoms with Crippen molar-refractivity contribution in [3.8, 4) is 11.1 Å². The topological polar surface area (TPSA) is 32.3 Å². The second-order valence-corrected chi connectivity index (χ2v) is 12.6. The number of hydrogen-bond acceptors (Lipinski definition) is 2. The average molecular weight is 569 g/mol. The second-order valence-electron chi connectivity index (χ2n) is 12.6. The van der Waals surface area contributed by atoms with Crippen LogP contribution >= 0.6 is 0 Å². The average Bonchev–Trinajstić information content (AvgIpc) is 3.95. The van der Waals surface area contributed by atoms with Gasteiger partial charge in [0.05, 0.1) is 11.5 Å². The number of nitrogens with one attached hydrogen (secondary N) is 1. The van der Waals surface area contributed by atoms with Gasteiger partial charge in [-0.15, -0.1) is 0 Å². The van der Waals surface area contributed by atoms with E-state index in [1.807, 2.05) is 6.07 Å². The summed E-state index contributed by atoms with van der Waals surface area (Å²) in [6.07, 6.45) is 19.0. The third kappa shape index (κ3) is 3.91. The minimum atomic E-state index is -0.506. The molecule has 9 rings (SSSR count). The molecule has 2 N–H and O–H groups in total. The summed E-state index contributed by atoms with van der Waals surface area (Å²) in [5.74, 6) is 0. The van der Waals surface area contributed by atoms with Gasteiger partial charge in [-0.2, -0.15) is 0 Å². The van der Waals surface area contributed by atoms with Crippen LogP contribution in [0.1, 0.15) is 25.4 Å². The molecule has 2 nitrogen and oxygen atoms in total. The fourth-order valence-electron chi connectivity index (χ4n) is 7.67. The van der Waals surface area contributed by atoms with Crippen molar-refractivity contribution in [3.63, 3.8) is 0 Å². The molecule has 0 saturated heterocycles. The molecule has 1 saturated carbocycles. The monoisotopic (exact) mass is 568 g/mol. The molecule has 1 fully saturated rings. The molecule has 0 aromatic heterocycles. The normalized spacial score (nSPS) is 21.5. The number of aliphatic hydroxyl groups excluding tert-OH is 1. The standard InChI is InChI=1S/C42H32NO.H2/c1-26-15-17-30-20-29(16-18-33(30)41(26)34-13-7-8-14-39(34)43-32-11-3-2-4-12-32)21-31-24-40(44)35-22-27-9-5-6-10-28(19-27)23-36(35)42(31)37-25-38(37)42;/h2-18,20-23,25,40,43-44H,19,24H2,1H3;1H. The molecule has 5 aliphatic rings. The van der Waals surface area contributed by atoms with Crippen molar-refractivity contribution in [2.24, 2.45) is 5.41 Å². The molecule has 2 heteroatoms. The van der Waals surface area contributed by atoms with Gasteiger partial charge in [0, 0.05) is 31.2 Å². The van der Waals surface area contributed by atoms with Gasteiger partial charge in [-0.1, -0.05) is 103 Å². The summed E-state index contributed by atoms with van der Waals surface area (Å²) in [5.41, 5.74) is 16.1. The first-order valence-electron chi connectivity index (χ1n) is 15.5. The Morgan fingerprint density at radius 1 is 0.864 bits per heavy atom. The molecule has 1 atom stereocenters. The molecule has 5 aliphatic carbocycles. The van der Waals surface area contributed by atoms with Gasteiger partial charge in [-0.25, -0.2) is 0 Å². The quantitative estimate of drug-likeness (QED) is 0.257. The van der Waals surface area contributed by atoms with Crippen LogP contribution in [0.2, 0.25) is 0 Å². The molecule has 1 radical (unpaired) electrons. The lowest BCUT2D eigenvalue weighted by Crippen LogP contribution is -2.33. The van der Waals surface area contributed by atoms with E-state index >= 15 is 0 Å². The van der Waals surface area contributed by atoms with E-state index in [1.54, 1.807) is 0 Å². The maximum atomic E-state index is 11.5. The highest BCUT2D eigenvalue weighted by molar-refractivity contribution is 6.02. The molecule has 1 spiro atoms. The molecule has 4 aromatic rings. The van der Waals surface area contributed by atoms with Crippen LogP contribution in [0.3, 0.4) is 0 Å². The summed E-state index contributed by atoms with van der Waals surface area (Å²) in [7, 11) is 0. The second kappa shape index (κ2) is 9.54. The Hall–Kier alpha value is -4.92. The summed E-state index contributed by atoms with van der Waals surface area (Å²) in [5, 5.41) is 17.6. The summed E-state index contributed by atoms with van der Waals surface area (Å²) >= 11 is 0. The van der Waals surface area contributed by atoms with Gasteiger partial charge in [0.25, 0.3) is 0 Å². The summed E-state index contributed by atoms with van der Waals surface area (Å²) in [6.45, 7) is 2.20. The first kappa shape index (κ1) is 25.6. The van der Waals surface area contributed by atoms with Gasteiger partial charge in [-0.3, -0.25) is 0 Å². The minimum Gasteiger partial charge on any atom is -0.388 e. The van der Waals surface area contributed by atoms with Gasteiger partial charge in [0.1, 0.15) is 0 Å². The van der Waals surface area contributed by atoms with E-state index in [0.29, 0.717) is 6.42 Å². The lowest BCUT2D eigenvalue weighted by molar-refractivity contribution is 0.199. The predicted molar refractivity (Wildman–Crippen MR) is 184 cm³/mol. The van der Waals surface area contributed by atoms with E-state index in [9.17, 15) is 5.11 Å². The van der Waals surface area contributed by atoms with Crippen molar-refractivity contribution in [3.05, 3.63) is 178 Å². The number of aliphatic hydroxyl groups is 1. The SMILES string of the molecule is Cc1ccc2cc(C=C3CC(O)C4=CC5=CC=CC=C(C=C4C34C3=C4[CH]3)C5)ccc2c1-c1ccccc1Nc1ccccc1.[HH]. The fourth-order valence-corrected chi connectivity index (χ4v) is 7.67. The van der Waals surface area contributed by atoms with E-state index in [-0.39, 0.29) is 6.84 Å². The van der Waals surface area contributed by atoms with Crippen LogP contribution in [0.4, 0.5) is 11.4 Å². The molecule has 0 heterocycles. The van der Waals surface area contributed by atoms with Gasteiger partial charge in [0.15, 0.2) is 0 Å². The first-order chi connectivity index (χ1) is 21.6. The summed E-state index contributed by atoms with van der Waals surface area (Å²) in [4.78, 5) is 0. The van der Waals surface area contributed by atoms with Gasteiger partial charge in [-0.05, 0) is 104 Å². The van der Waals surface area contributed by atoms with E-state index in [0.717, 1.165) is 23.4 Å². The molecule has 1 unspecified atom stereocenters. The van der Waals surface area contributed by atoms with Crippen LogP contribution < -0.4 is 5.32 Å². The number of benzene rings is 4. The first-order valence-corrected chi connectivity index (χ1v) is 15.5. The number of aryl methyl sites for hydroxylation is 1. The molecule has 2 bridgehead atoms. The van der Waals surface area contributed by atoms with E-state index < -0.39 is 6.10 Å². The Morgan fingerprint density at radius 2 is 1.64 bits per heavy atom. The van der Waals surface area contributed by atoms with Crippen LogP contribution in [0.15, 0.2) is 160 Å². The van der Waals surface area contributed by atoms with E-state index in [4.69, 9.17) is 0 Å². The van der Waals surface area contributed by atoms with Crippen LogP contribution in [0.5, 0.6) is 0 Å². The molecule has 4 aromatic carbocycles. The third-order valence-corrected chi connectivity index (χ3v) is 9.86. The Bertz CT molecular complexity index is 2120. The third-order valence-electron chi connectivity index (χ3n) is 9.86. The van der Waals surface area contributed by atoms with Crippen LogP contribution in [0.25, 0.3) is 28.0 Å². The number of anilines is 2. The number of hydrogen-bond donors (Lipinski definition) is 2. The van der Waals surface area contributed by atoms with Crippen LogP contribution in [0, 0.1) is 18.8 Å².